The number of rotatable bonds is 4. The van der Waals surface area contributed by atoms with Gasteiger partial charge in [0.05, 0.1) is 30.1 Å². The number of amides is 1. The Hall–Kier alpha value is -3.54. The Bertz CT molecular complexity index is 1040. The highest BCUT2D eigenvalue weighted by molar-refractivity contribution is 6.06. The van der Waals surface area contributed by atoms with Crippen LogP contribution < -0.4 is 4.90 Å². The van der Waals surface area contributed by atoms with E-state index in [-0.39, 0.29) is 11.7 Å². The van der Waals surface area contributed by atoms with Crippen LogP contribution in [-0.4, -0.2) is 20.7 Å². The van der Waals surface area contributed by atoms with Gasteiger partial charge in [0.2, 0.25) is 0 Å². The Morgan fingerprint density at radius 1 is 1.00 bits per heavy atom. The fraction of sp³-hybridized carbons (Fsp3) is 0.0500. The largest absolute Gasteiger partial charge is 0.302 e. The zero-order chi connectivity index (χ0) is 17.9. The summed E-state index contributed by atoms with van der Waals surface area (Å²) in [5.74, 6) is -0.451. The van der Waals surface area contributed by atoms with Gasteiger partial charge >= 0.3 is 0 Å². The van der Waals surface area contributed by atoms with Gasteiger partial charge in [-0.15, -0.1) is 5.10 Å². The number of hydrogen-bond donors (Lipinski definition) is 0. The van der Waals surface area contributed by atoms with Crippen molar-refractivity contribution >= 4 is 17.1 Å². The van der Waals surface area contributed by atoms with Crippen LogP contribution in [0.3, 0.4) is 0 Å². The smallest absolute Gasteiger partial charge is 0.258 e. The highest BCUT2D eigenvalue weighted by Gasteiger charge is 2.19. The van der Waals surface area contributed by atoms with Crippen LogP contribution in [0.1, 0.15) is 15.9 Å². The maximum absolute atomic E-state index is 13.2. The minimum atomic E-state index is -0.307. The number of carbonyl (C=O) groups is 1. The minimum Gasteiger partial charge on any atom is -0.302 e. The summed E-state index contributed by atoms with van der Waals surface area (Å²) in [5, 5.41) is 7.86. The average molecular weight is 346 g/mol. The molecule has 0 radical (unpaired) electrons. The number of halogens is 1. The van der Waals surface area contributed by atoms with Gasteiger partial charge in [0.1, 0.15) is 5.82 Å². The summed E-state index contributed by atoms with van der Waals surface area (Å²) in [6.07, 6.45) is 3.40. The molecule has 128 valence electrons. The molecule has 4 rings (SSSR count). The SMILES string of the molecule is O=C(c1ccccc1)N(Cc1ccc(F)cc1)c1ccc2cnnn2c1. The monoisotopic (exact) mass is 346 g/mol. The number of pyridine rings is 1. The summed E-state index contributed by atoms with van der Waals surface area (Å²) in [6, 6.07) is 18.9. The molecule has 26 heavy (non-hydrogen) atoms. The van der Waals surface area contributed by atoms with Crippen LogP contribution in [0.25, 0.3) is 5.52 Å². The van der Waals surface area contributed by atoms with Crippen molar-refractivity contribution < 1.29 is 9.18 Å². The average Bonchev–Trinajstić information content (AvgIpc) is 3.15. The molecule has 5 nitrogen and oxygen atoms in total. The summed E-state index contributed by atoms with van der Waals surface area (Å²) < 4.78 is 14.8. The van der Waals surface area contributed by atoms with Crippen molar-refractivity contribution in [2.75, 3.05) is 4.90 Å². The number of nitrogens with zero attached hydrogens (tertiary/aromatic N) is 4. The number of aromatic nitrogens is 3. The van der Waals surface area contributed by atoms with E-state index in [0.29, 0.717) is 17.8 Å². The maximum Gasteiger partial charge on any atom is 0.258 e. The normalized spacial score (nSPS) is 10.8. The van der Waals surface area contributed by atoms with Gasteiger partial charge in [0.25, 0.3) is 5.91 Å². The van der Waals surface area contributed by atoms with Crippen molar-refractivity contribution in [1.82, 2.24) is 14.8 Å². The van der Waals surface area contributed by atoms with E-state index < -0.39 is 0 Å². The molecule has 0 saturated heterocycles. The van der Waals surface area contributed by atoms with Crippen molar-refractivity contribution in [3.05, 3.63) is 96.1 Å². The Morgan fingerprint density at radius 2 is 1.77 bits per heavy atom. The predicted octanol–water partition coefficient (Wildman–Crippen LogP) is 3.72. The van der Waals surface area contributed by atoms with Gasteiger partial charge in [-0.25, -0.2) is 8.91 Å². The Kier molecular flexibility index (Phi) is 4.15. The minimum absolute atomic E-state index is 0.144. The fourth-order valence-corrected chi connectivity index (χ4v) is 2.76. The summed E-state index contributed by atoms with van der Waals surface area (Å²) in [7, 11) is 0. The summed E-state index contributed by atoms with van der Waals surface area (Å²) in [5.41, 5.74) is 2.92. The van der Waals surface area contributed by atoms with Gasteiger partial charge < -0.3 is 4.90 Å². The molecular weight excluding hydrogens is 331 g/mol. The van der Waals surface area contributed by atoms with Crippen LogP contribution in [0.15, 0.2) is 79.1 Å². The number of carbonyl (C=O) groups excluding carboxylic acids is 1. The topological polar surface area (TPSA) is 50.5 Å². The number of anilines is 1. The van der Waals surface area contributed by atoms with Crippen LogP contribution in [-0.2, 0) is 6.54 Å². The van der Waals surface area contributed by atoms with Gasteiger partial charge in [-0.1, -0.05) is 35.5 Å². The van der Waals surface area contributed by atoms with Crippen LogP contribution in [0.2, 0.25) is 0 Å². The Labute approximate surface area is 149 Å². The first kappa shape index (κ1) is 16.0. The molecule has 0 atom stereocenters. The van der Waals surface area contributed by atoms with E-state index >= 15 is 0 Å². The zero-order valence-electron chi connectivity index (χ0n) is 13.8. The van der Waals surface area contributed by atoms with Crippen molar-refractivity contribution in [3.8, 4) is 0 Å². The van der Waals surface area contributed by atoms with E-state index in [1.807, 2.05) is 30.3 Å². The lowest BCUT2D eigenvalue weighted by molar-refractivity contribution is 0.0985. The first-order chi connectivity index (χ1) is 12.7. The summed E-state index contributed by atoms with van der Waals surface area (Å²) in [6.45, 7) is 0.314. The Balaban J connectivity index is 1.74. The fourth-order valence-electron chi connectivity index (χ4n) is 2.76. The molecule has 0 fully saturated rings. The molecule has 0 aliphatic heterocycles. The van der Waals surface area contributed by atoms with Crippen LogP contribution >= 0.6 is 0 Å². The molecule has 0 N–H and O–H groups in total. The third-order valence-corrected chi connectivity index (χ3v) is 4.11. The molecule has 0 saturated carbocycles. The predicted molar refractivity (Wildman–Crippen MR) is 96.3 cm³/mol. The third-order valence-electron chi connectivity index (χ3n) is 4.11. The molecular formula is C20H15FN4O. The lowest BCUT2D eigenvalue weighted by atomic mass is 10.1. The van der Waals surface area contributed by atoms with Crippen molar-refractivity contribution in [3.63, 3.8) is 0 Å². The number of fused-ring (bicyclic) bond motifs is 1. The van der Waals surface area contributed by atoms with E-state index in [4.69, 9.17) is 0 Å². The molecule has 0 spiro atoms. The molecule has 0 aliphatic carbocycles. The third kappa shape index (κ3) is 3.17. The molecule has 0 bridgehead atoms. The lowest BCUT2D eigenvalue weighted by Gasteiger charge is -2.23. The second-order valence-corrected chi connectivity index (χ2v) is 5.87. The quantitative estimate of drug-likeness (QED) is 0.566. The van der Waals surface area contributed by atoms with Crippen molar-refractivity contribution in [2.24, 2.45) is 0 Å². The molecule has 0 aliphatic rings. The summed E-state index contributed by atoms with van der Waals surface area (Å²) in [4.78, 5) is 14.7. The molecule has 4 aromatic rings. The molecule has 1 amide bonds. The van der Waals surface area contributed by atoms with Crippen molar-refractivity contribution in [2.45, 2.75) is 6.54 Å². The second-order valence-electron chi connectivity index (χ2n) is 5.87. The van der Waals surface area contributed by atoms with Gasteiger partial charge in [0, 0.05) is 5.56 Å². The van der Waals surface area contributed by atoms with Gasteiger partial charge in [-0.3, -0.25) is 4.79 Å². The molecule has 0 unspecified atom stereocenters. The van der Waals surface area contributed by atoms with E-state index in [0.717, 1.165) is 11.1 Å². The molecule has 2 heterocycles. The molecule has 2 aromatic heterocycles. The molecule has 6 heteroatoms. The highest BCUT2D eigenvalue weighted by atomic mass is 19.1. The first-order valence-electron chi connectivity index (χ1n) is 8.12. The lowest BCUT2D eigenvalue weighted by Crippen LogP contribution is -2.30. The Morgan fingerprint density at radius 3 is 2.54 bits per heavy atom. The molecule has 2 aromatic carbocycles. The number of benzene rings is 2. The number of hydrogen-bond acceptors (Lipinski definition) is 3. The van der Waals surface area contributed by atoms with E-state index in [1.165, 1.54) is 12.1 Å². The van der Waals surface area contributed by atoms with E-state index in [1.54, 1.807) is 46.1 Å². The summed E-state index contributed by atoms with van der Waals surface area (Å²) >= 11 is 0. The van der Waals surface area contributed by atoms with Gasteiger partial charge in [0.15, 0.2) is 0 Å². The van der Waals surface area contributed by atoms with E-state index in [2.05, 4.69) is 10.3 Å². The van der Waals surface area contributed by atoms with Gasteiger partial charge in [-0.05, 0) is 42.0 Å². The van der Waals surface area contributed by atoms with Crippen LogP contribution in [0, 0.1) is 5.82 Å². The maximum atomic E-state index is 13.2. The van der Waals surface area contributed by atoms with Crippen molar-refractivity contribution in [1.29, 1.82) is 0 Å². The van der Waals surface area contributed by atoms with Gasteiger partial charge in [-0.2, -0.15) is 0 Å². The standard InChI is InChI=1S/C20H15FN4O/c21-17-8-6-15(7-9-17)13-24(20(26)16-4-2-1-3-5-16)19-11-10-18-12-22-23-25(18)14-19/h1-12,14H,13H2. The van der Waals surface area contributed by atoms with E-state index in [9.17, 15) is 9.18 Å². The van der Waals surface area contributed by atoms with Crippen LogP contribution in [0.4, 0.5) is 10.1 Å². The highest BCUT2D eigenvalue weighted by Crippen LogP contribution is 2.21. The zero-order valence-corrected chi connectivity index (χ0v) is 13.8. The first-order valence-corrected chi connectivity index (χ1v) is 8.12. The van der Waals surface area contributed by atoms with Crippen LogP contribution in [0.5, 0.6) is 0 Å². The second kappa shape index (κ2) is 6.76.